The van der Waals surface area contributed by atoms with Crippen molar-refractivity contribution in [2.24, 2.45) is 0 Å². The van der Waals surface area contributed by atoms with Gasteiger partial charge in [-0.1, -0.05) is 26.0 Å². The summed E-state index contributed by atoms with van der Waals surface area (Å²) in [5, 5.41) is 0. The third kappa shape index (κ3) is 2.09. The Balaban J connectivity index is 2.29. The maximum absolute atomic E-state index is 12.2. The summed E-state index contributed by atoms with van der Waals surface area (Å²) in [5.74, 6) is 5.10. The molecule has 1 unspecified atom stereocenters. The monoisotopic (exact) mass is 237 g/mol. The van der Waals surface area contributed by atoms with E-state index >= 15 is 0 Å². The normalized spacial score (nSPS) is 25.3. The van der Waals surface area contributed by atoms with Gasteiger partial charge in [-0.25, -0.2) is 4.21 Å². The highest BCUT2D eigenvalue weighted by Crippen LogP contribution is 2.25. The van der Waals surface area contributed by atoms with Gasteiger partial charge in [-0.2, -0.15) is 0 Å². The predicted molar refractivity (Wildman–Crippen MR) is 72.6 cm³/mol. The second kappa shape index (κ2) is 4.13. The molecule has 1 fully saturated rings. The van der Waals surface area contributed by atoms with E-state index < -0.39 is 9.71 Å². The Kier molecular flexibility index (Phi) is 2.98. The number of rotatable bonds is 2. The van der Waals surface area contributed by atoms with Crippen LogP contribution in [-0.4, -0.2) is 22.4 Å². The van der Waals surface area contributed by atoms with Crippen molar-refractivity contribution < 1.29 is 4.21 Å². The van der Waals surface area contributed by atoms with Gasteiger partial charge < -0.3 is 0 Å². The molecule has 1 aromatic rings. The highest BCUT2D eigenvalue weighted by Gasteiger charge is 2.22. The Hall–Kier alpha value is -0.960. The molecular weight excluding hydrogens is 218 g/mol. The predicted octanol–water partition coefficient (Wildman–Crippen LogP) is 2.65. The first-order valence-corrected chi connectivity index (χ1v) is 7.58. The van der Waals surface area contributed by atoms with E-state index in [2.05, 4.69) is 44.0 Å². The van der Waals surface area contributed by atoms with Crippen LogP contribution in [0, 0.1) is 0 Å². The van der Waals surface area contributed by atoms with Crippen LogP contribution >= 0.6 is 0 Å². The SMILES string of the molecule is C=S1(=O)CCCN1c1ccc(C(C)C)cc1. The average molecular weight is 237 g/mol. The molecule has 2 nitrogen and oxygen atoms in total. The third-order valence-corrected chi connectivity index (χ3v) is 5.20. The molecule has 1 aliphatic rings. The van der Waals surface area contributed by atoms with Crippen LogP contribution in [0.1, 0.15) is 31.7 Å². The molecule has 1 atom stereocenters. The zero-order valence-electron chi connectivity index (χ0n) is 9.98. The highest BCUT2D eigenvalue weighted by atomic mass is 32.2. The van der Waals surface area contributed by atoms with Crippen molar-refractivity contribution >= 4 is 21.3 Å². The number of benzene rings is 1. The zero-order chi connectivity index (χ0) is 11.8. The van der Waals surface area contributed by atoms with Crippen molar-refractivity contribution in [2.75, 3.05) is 16.6 Å². The number of hydrogen-bond acceptors (Lipinski definition) is 1. The Morgan fingerprint density at radius 1 is 1.31 bits per heavy atom. The summed E-state index contributed by atoms with van der Waals surface area (Å²) < 4.78 is 14.1. The Bertz CT molecular complexity index is 459. The zero-order valence-corrected chi connectivity index (χ0v) is 10.8. The van der Waals surface area contributed by atoms with E-state index in [0.29, 0.717) is 5.92 Å². The minimum absolute atomic E-state index is 0.539. The topological polar surface area (TPSA) is 20.3 Å². The van der Waals surface area contributed by atoms with E-state index in [-0.39, 0.29) is 0 Å². The molecule has 0 radical (unpaired) electrons. The van der Waals surface area contributed by atoms with Gasteiger partial charge >= 0.3 is 0 Å². The van der Waals surface area contributed by atoms with E-state index in [4.69, 9.17) is 0 Å². The van der Waals surface area contributed by atoms with Crippen LogP contribution in [0.25, 0.3) is 0 Å². The first-order valence-electron chi connectivity index (χ1n) is 5.73. The minimum Gasteiger partial charge on any atom is -0.299 e. The molecule has 0 aromatic heterocycles. The molecular formula is C13H19NOS. The van der Waals surface area contributed by atoms with Gasteiger partial charge in [-0.3, -0.25) is 4.31 Å². The second-order valence-electron chi connectivity index (χ2n) is 4.68. The lowest BCUT2D eigenvalue weighted by Gasteiger charge is -2.21. The van der Waals surface area contributed by atoms with Crippen LogP contribution in [0.15, 0.2) is 24.3 Å². The molecule has 0 spiro atoms. The Morgan fingerprint density at radius 3 is 2.38 bits per heavy atom. The lowest BCUT2D eigenvalue weighted by atomic mass is 10.0. The van der Waals surface area contributed by atoms with Crippen LogP contribution in [0.4, 0.5) is 5.69 Å². The van der Waals surface area contributed by atoms with Gasteiger partial charge in [-0.15, -0.1) is 0 Å². The van der Waals surface area contributed by atoms with Gasteiger partial charge in [0, 0.05) is 27.7 Å². The van der Waals surface area contributed by atoms with Gasteiger partial charge in [0.15, 0.2) is 0 Å². The average Bonchev–Trinajstić information content (AvgIpc) is 2.58. The first kappa shape index (κ1) is 11.5. The first-order chi connectivity index (χ1) is 7.50. The van der Waals surface area contributed by atoms with Crippen LogP contribution in [-0.2, 0) is 9.71 Å². The summed E-state index contributed by atoms with van der Waals surface area (Å²) in [7, 11) is -2.04. The summed E-state index contributed by atoms with van der Waals surface area (Å²) >= 11 is 0. The summed E-state index contributed by atoms with van der Waals surface area (Å²) in [6.45, 7) is 5.22. The molecule has 1 aromatic carbocycles. The van der Waals surface area contributed by atoms with Crippen molar-refractivity contribution in [3.05, 3.63) is 29.8 Å². The van der Waals surface area contributed by atoms with Crippen LogP contribution in [0.2, 0.25) is 0 Å². The van der Waals surface area contributed by atoms with Gasteiger partial charge in [0.1, 0.15) is 0 Å². The van der Waals surface area contributed by atoms with E-state index in [1.165, 1.54) is 5.56 Å². The van der Waals surface area contributed by atoms with E-state index in [0.717, 1.165) is 24.4 Å². The molecule has 16 heavy (non-hydrogen) atoms. The maximum Gasteiger partial charge on any atom is 0.0487 e. The second-order valence-corrected chi connectivity index (χ2v) is 7.07. The lowest BCUT2D eigenvalue weighted by molar-refractivity contribution is 0.683. The molecule has 1 heterocycles. The van der Waals surface area contributed by atoms with Crippen molar-refractivity contribution in [1.29, 1.82) is 0 Å². The summed E-state index contributed by atoms with van der Waals surface area (Å²) in [6, 6.07) is 8.36. The molecule has 0 N–H and O–H groups in total. The fourth-order valence-corrected chi connectivity index (χ4v) is 3.83. The van der Waals surface area contributed by atoms with Crippen molar-refractivity contribution in [1.82, 2.24) is 0 Å². The smallest absolute Gasteiger partial charge is 0.0487 e. The number of nitrogens with zero attached hydrogens (tertiary/aromatic N) is 1. The molecule has 2 rings (SSSR count). The highest BCUT2D eigenvalue weighted by molar-refractivity contribution is 8.01. The Labute approximate surface area is 98.4 Å². The van der Waals surface area contributed by atoms with Crippen molar-refractivity contribution in [2.45, 2.75) is 26.2 Å². The van der Waals surface area contributed by atoms with E-state index in [1.54, 1.807) is 0 Å². The summed E-state index contributed by atoms with van der Waals surface area (Å²) in [6.07, 6.45) is 0.980. The van der Waals surface area contributed by atoms with Gasteiger partial charge in [0.2, 0.25) is 0 Å². The third-order valence-electron chi connectivity index (χ3n) is 3.07. The maximum atomic E-state index is 12.2. The van der Waals surface area contributed by atoms with Crippen molar-refractivity contribution in [3.63, 3.8) is 0 Å². The van der Waals surface area contributed by atoms with E-state index in [9.17, 15) is 4.21 Å². The van der Waals surface area contributed by atoms with Crippen LogP contribution in [0.3, 0.4) is 0 Å². The number of hydrogen-bond donors (Lipinski definition) is 0. The van der Waals surface area contributed by atoms with Crippen molar-refractivity contribution in [3.8, 4) is 0 Å². The fraction of sp³-hybridized carbons (Fsp3) is 0.462. The lowest BCUT2D eigenvalue weighted by Crippen LogP contribution is -2.24. The fourth-order valence-electron chi connectivity index (χ4n) is 2.06. The molecule has 1 saturated heterocycles. The van der Waals surface area contributed by atoms with Gasteiger partial charge in [0.05, 0.1) is 0 Å². The standard InChI is InChI=1S/C13H19NOS/c1-11(2)12-5-7-13(8-6-12)14-9-4-10-16(14,3)15/h5-8,11H,3-4,9-10H2,1-2H3. The number of anilines is 1. The summed E-state index contributed by atoms with van der Waals surface area (Å²) in [4.78, 5) is 0. The Morgan fingerprint density at radius 2 is 1.94 bits per heavy atom. The molecule has 0 bridgehead atoms. The summed E-state index contributed by atoms with van der Waals surface area (Å²) in [5.41, 5.74) is 2.36. The quantitative estimate of drug-likeness (QED) is 0.724. The molecule has 0 aliphatic carbocycles. The molecule has 0 saturated carbocycles. The van der Waals surface area contributed by atoms with Crippen LogP contribution in [0.5, 0.6) is 0 Å². The molecule has 88 valence electrons. The van der Waals surface area contributed by atoms with Gasteiger partial charge in [-0.05, 0) is 35.9 Å². The largest absolute Gasteiger partial charge is 0.299 e. The van der Waals surface area contributed by atoms with Gasteiger partial charge in [0.25, 0.3) is 0 Å². The van der Waals surface area contributed by atoms with Crippen LogP contribution < -0.4 is 4.31 Å². The molecule has 1 aliphatic heterocycles. The molecule has 3 heteroatoms. The van der Waals surface area contributed by atoms with E-state index in [1.807, 2.05) is 4.31 Å². The molecule has 0 amide bonds. The minimum atomic E-state index is -2.04.